The van der Waals surface area contributed by atoms with Crippen LogP contribution in [0.1, 0.15) is 29.2 Å². The number of fused-ring (bicyclic) bond motifs is 1. The molecule has 5 nitrogen and oxygen atoms in total. The highest BCUT2D eigenvalue weighted by molar-refractivity contribution is 6.30. The molecule has 0 saturated heterocycles. The van der Waals surface area contributed by atoms with Gasteiger partial charge in [-0.15, -0.1) is 0 Å². The van der Waals surface area contributed by atoms with Crippen molar-refractivity contribution in [3.63, 3.8) is 0 Å². The van der Waals surface area contributed by atoms with Crippen molar-refractivity contribution in [1.82, 2.24) is 10.6 Å². The van der Waals surface area contributed by atoms with E-state index in [9.17, 15) is 4.79 Å². The number of carbonyl (C=O) groups excluding carboxylic acids is 1. The number of halogens is 1. The number of rotatable bonds is 8. The molecule has 0 saturated carbocycles. The van der Waals surface area contributed by atoms with Gasteiger partial charge in [-0.1, -0.05) is 54.1 Å². The van der Waals surface area contributed by atoms with E-state index in [1.54, 1.807) is 6.92 Å². The quantitative estimate of drug-likeness (QED) is 0.482. The van der Waals surface area contributed by atoms with E-state index in [0.29, 0.717) is 12.3 Å². The molecule has 3 N–H and O–H groups in total. The Labute approximate surface area is 187 Å². The van der Waals surface area contributed by atoms with Gasteiger partial charge >= 0.3 is 0 Å². The highest BCUT2D eigenvalue weighted by Crippen LogP contribution is 2.30. The number of hydrogen-bond acceptors (Lipinski definition) is 4. The summed E-state index contributed by atoms with van der Waals surface area (Å²) in [6.07, 6.45) is -0.455. The first-order valence-corrected chi connectivity index (χ1v) is 10.8. The Hall–Kier alpha value is -2.86. The zero-order valence-corrected chi connectivity index (χ0v) is 18.2. The number of anilines is 1. The average molecular weight is 436 g/mol. The summed E-state index contributed by atoms with van der Waals surface area (Å²) < 4.78 is 5.61. The van der Waals surface area contributed by atoms with Crippen LogP contribution in [0.15, 0.2) is 66.7 Å². The van der Waals surface area contributed by atoms with Crippen molar-refractivity contribution in [3.8, 4) is 5.75 Å². The number of ether oxygens (including phenoxy) is 1. The van der Waals surface area contributed by atoms with Gasteiger partial charge in [-0.2, -0.15) is 0 Å². The molecule has 31 heavy (non-hydrogen) atoms. The summed E-state index contributed by atoms with van der Waals surface area (Å²) in [7, 11) is 0. The molecule has 0 spiro atoms. The van der Waals surface area contributed by atoms with Crippen molar-refractivity contribution < 1.29 is 9.53 Å². The van der Waals surface area contributed by atoms with Crippen molar-refractivity contribution >= 4 is 23.2 Å². The summed E-state index contributed by atoms with van der Waals surface area (Å²) in [6.45, 7) is 4.79. The lowest BCUT2D eigenvalue weighted by Crippen LogP contribution is -2.34. The van der Waals surface area contributed by atoms with Crippen molar-refractivity contribution in [3.05, 3.63) is 94.0 Å². The molecule has 0 radical (unpaired) electrons. The second-order valence-corrected chi connectivity index (χ2v) is 8.17. The number of benzene rings is 3. The molecule has 160 valence electrons. The van der Waals surface area contributed by atoms with Gasteiger partial charge in [-0.25, -0.2) is 0 Å². The number of carbonyl (C=O) groups is 1. The highest BCUT2D eigenvalue weighted by atomic mass is 35.5. The second kappa shape index (κ2) is 9.96. The van der Waals surface area contributed by atoms with Gasteiger partial charge in [0.2, 0.25) is 0 Å². The Morgan fingerprint density at radius 2 is 1.42 bits per heavy atom. The van der Waals surface area contributed by atoms with Gasteiger partial charge < -0.3 is 20.7 Å². The molecule has 1 heterocycles. The van der Waals surface area contributed by atoms with Crippen LogP contribution in [0.25, 0.3) is 0 Å². The van der Waals surface area contributed by atoms with Gasteiger partial charge in [-0.05, 0) is 53.4 Å². The van der Waals surface area contributed by atoms with Crippen molar-refractivity contribution in [1.29, 1.82) is 0 Å². The Morgan fingerprint density at radius 1 is 0.839 bits per heavy atom. The predicted octanol–water partition coefficient (Wildman–Crippen LogP) is 4.64. The molecule has 1 aliphatic heterocycles. The molecular formula is C25H26ClN3O2. The van der Waals surface area contributed by atoms with E-state index >= 15 is 0 Å². The number of hydrogen-bond donors (Lipinski definition) is 3. The Bertz CT molecular complexity index is 1070. The zero-order chi connectivity index (χ0) is 21.6. The largest absolute Gasteiger partial charge is 0.479 e. The second-order valence-electron chi connectivity index (χ2n) is 7.74. The lowest BCUT2D eigenvalue weighted by atomic mass is 10.1. The average Bonchev–Trinajstić information content (AvgIpc) is 2.75. The van der Waals surface area contributed by atoms with Gasteiger partial charge in [0.15, 0.2) is 6.10 Å². The minimum atomic E-state index is -0.455. The summed E-state index contributed by atoms with van der Waals surface area (Å²) in [4.78, 5) is 11.8. The SMILES string of the molecule is CC1Oc2ccc(CNCc3cccc(CNCc4cccc(Cl)c4)c3)cc2NC1=O. The fraction of sp³-hybridized carbons (Fsp3) is 0.240. The smallest absolute Gasteiger partial charge is 0.265 e. The minimum Gasteiger partial charge on any atom is -0.479 e. The van der Waals surface area contributed by atoms with Crippen molar-refractivity contribution in [2.45, 2.75) is 39.2 Å². The lowest BCUT2D eigenvalue weighted by Gasteiger charge is -2.23. The van der Waals surface area contributed by atoms with Gasteiger partial charge in [0.25, 0.3) is 5.91 Å². The standard InChI is InChI=1S/C25H26ClN3O2/c1-17-25(30)29-23-12-21(8-9-24(23)31-17)16-28-14-19-5-2-4-18(10-19)13-27-15-20-6-3-7-22(26)11-20/h2-12,17,27-28H,13-16H2,1H3,(H,29,30). The first kappa shape index (κ1) is 21.4. The summed E-state index contributed by atoms with van der Waals surface area (Å²) in [6, 6.07) is 22.3. The Kier molecular flexibility index (Phi) is 6.87. The zero-order valence-electron chi connectivity index (χ0n) is 17.5. The van der Waals surface area contributed by atoms with Crippen LogP contribution in [0.5, 0.6) is 5.75 Å². The first-order chi connectivity index (χ1) is 15.1. The molecule has 3 aromatic carbocycles. The summed E-state index contributed by atoms with van der Waals surface area (Å²) in [5, 5.41) is 10.6. The molecule has 1 aliphatic rings. The van der Waals surface area contributed by atoms with Gasteiger partial charge in [0.05, 0.1) is 5.69 Å². The van der Waals surface area contributed by atoms with Crippen LogP contribution in [0, 0.1) is 0 Å². The summed E-state index contributed by atoms with van der Waals surface area (Å²) in [5.74, 6) is 0.604. The van der Waals surface area contributed by atoms with Crippen molar-refractivity contribution in [2.24, 2.45) is 0 Å². The van der Waals surface area contributed by atoms with E-state index in [2.05, 4.69) is 46.3 Å². The third-order valence-electron chi connectivity index (χ3n) is 5.17. The minimum absolute atomic E-state index is 0.113. The van der Waals surface area contributed by atoms with Crippen LogP contribution >= 0.6 is 11.6 Å². The van der Waals surface area contributed by atoms with Gasteiger partial charge in [0.1, 0.15) is 5.75 Å². The van der Waals surface area contributed by atoms with E-state index in [-0.39, 0.29) is 5.91 Å². The molecule has 0 aliphatic carbocycles. The van der Waals surface area contributed by atoms with Crippen LogP contribution in [0.3, 0.4) is 0 Å². The van der Waals surface area contributed by atoms with Crippen LogP contribution in [0.2, 0.25) is 5.02 Å². The maximum Gasteiger partial charge on any atom is 0.265 e. The molecule has 0 fully saturated rings. The summed E-state index contributed by atoms with van der Waals surface area (Å²) in [5.41, 5.74) is 5.47. The fourth-order valence-corrected chi connectivity index (χ4v) is 3.78. The van der Waals surface area contributed by atoms with E-state index in [0.717, 1.165) is 35.9 Å². The van der Waals surface area contributed by atoms with Crippen LogP contribution in [0.4, 0.5) is 5.69 Å². The van der Waals surface area contributed by atoms with Crippen LogP contribution < -0.4 is 20.7 Å². The molecule has 6 heteroatoms. The topological polar surface area (TPSA) is 62.4 Å². The molecule has 3 aromatic rings. The third kappa shape index (κ3) is 5.85. The highest BCUT2D eigenvalue weighted by Gasteiger charge is 2.23. The predicted molar refractivity (Wildman–Crippen MR) is 124 cm³/mol. The molecule has 4 rings (SSSR count). The summed E-state index contributed by atoms with van der Waals surface area (Å²) >= 11 is 6.04. The normalized spacial score (nSPS) is 15.2. The van der Waals surface area contributed by atoms with Crippen LogP contribution in [-0.2, 0) is 31.0 Å². The molecule has 0 bridgehead atoms. The van der Waals surface area contributed by atoms with Gasteiger partial charge in [-0.3, -0.25) is 4.79 Å². The molecule has 0 aromatic heterocycles. The molecule has 1 atom stereocenters. The lowest BCUT2D eigenvalue weighted by molar-refractivity contribution is -0.122. The number of nitrogens with one attached hydrogen (secondary N) is 3. The molecule has 1 unspecified atom stereocenters. The van der Waals surface area contributed by atoms with Gasteiger partial charge in [0, 0.05) is 31.2 Å². The van der Waals surface area contributed by atoms with E-state index < -0.39 is 6.10 Å². The Morgan fingerprint density at radius 3 is 2.06 bits per heavy atom. The molecule has 1 amide bonds. The number of amides is 1. The fourth-order valence-electron chi connectivity index (χ4n) is 3.56. The first-order valence-electron chi connectivity index (χ1n) is 10.4. The monoisotopic (exact) mass is 435 g/mol. The maximum absolute atomic E-state index is 11.8. The van der Waals surface area contributed by atoms with Crippen molar-refractivity contribution in [2.75, 3.05) is 5.32 Å². The Balaban J connectivity index is 1.27. The van der Waals surface area contributed by atoms with E-state index in [1.165, 1.54) is 16.7 Å². The van der Waals surface area contributed by atoms with E-state index in [1.807, 2.05) is 36.4 Å². The van der Waals surface area contributed by atoms with Crippen LogP contribution in [-0.4, -0.2) is 12.0 Å². The van der Waals surface area contributed by atoms with E-state index in [4.69, 9.17) is 16.3 Å². The molecular weight excluding hydrogens is 410 g/mol. The third-order valence-corrected chi connectivity index (χ3v) is 5.41. The maximum atomic E-state index is 11.8.